The highest BCUT2D eigenvalue weighted by molar-refractivity contribution is 7.91. The van der Waals surface area contributed by atoms with Gasteiger partial charge in [-0.25, -0.2) is 13.1 Å². The van der Waals surface area contributed by atoms with E-state index in [-0.39, 0.29) is 14.2 Å². The van der Waals surface area contributed by atoms with Crippen molar-refractivity contribution in [3.63, 3.8) is 0 Å². The minimum absolute atomic E-state index is 0.115. The molecule has 0 amide bonds. The number of rotatable bonds is 7. The topological polar surface area (TPSA) is 89.3 Å². The summed E-state index contributed by atoms with van der Waals surface area (Å²) in [6.07, 6.45) is 4.28. The highest BCUT2D eigenvalue weighted by Crippen LogP contribution is 2.36. The predicted octanol–water partition coefficient (Wildman–Crippen LogP) is 2.78. The van der Waals surface area contributed by atoms with Crippen molar-refractivity contribution in [2.45, 2.75) is 29.9 Å². The summed E-state index contributed by atoms with van der Waals surface area (Å²) in [6.45, 7) is 0.349. The van der Waals surface area contributed by atoms with Crippen molar-refractivity contribution in [3.05, 3.63) is 20.5 Å². The third-order valence-corrected chi connectivity index (χ3v) is 6.16. The van der Waals surface area contributed by atoms with E-state index in [1.807, 2.05) is 0 Å². The van der Waals surface area contributed by atoms with E-state index in [0.717, 1.165) is 24.8 Å². The number of hydrogen-bond donors (Lipinski definition) is 1. The SMILES string of the molecule is O=[N+]([O-])c1cc(S(=O)(=O)NCCCC2CC2)sc1Cl. The molecule has 106 valence electrons. The van der Waals surface area contributed by atoms with Gasteiger partial charge in [0.05, 0.1) is 4.92 Å². The lowest BCUT2D eigenvalue weighted by Gasteiger charge is -2.03. The molecule has 9 heteroatoms. The van der Waals surface area contributed by atoms with Crippen molar-refractivity contribution in [1.29, 1.82) is 0 Å². The van der Waals surface area contributed by atoms with E-state index in [2.05, 4.69) is 4.72 Å². The number of hydrogen-bond acceptors (Lipinski definition) is 5. The van der Waals surface area contributed by atoms with Gasteiger partial charge in [0.1, 0.15) is 4.21 Å². The van der Waals surface area contributed by atoms with Crippen molar-refractivity contribution in [2.24, 2.45) is 5.92 Å². The maximum Gasteiger partial charge on any atom is 0.300 e. The number of sulfonamides is 1. The number of nitro groups is 1. The maximum atomic E-state index is 11.9. The van der Waals surface area contributed by atoms with E-state index < -0.39 is 14.9 Å². The maximum absolute atomic E-state index is 11.9. The van der Waals surface area contributed by atoms with Crippen LogP contribution in [0.5, 0.6) is 0 Å². The normalized spacial score (nSPS) is 15.6. The van der Waals surface area contributed by atoms with Crippen molar-refractivity contribution >= 4 is 38.6 Å². The Bertz CT molecular complexity index is 580. The minimum Gasteiger partial charge on any atom is -0.258 e. The van der Waals surface area contributed by atoms with Crippen LogP contribution >= 0.6 is 22.9 Å². The fraction of sp³-hybridized carbons (Fsp3) is 0.600. The van der Waals surface area contributed by atoms with Crippen molar-refractivity contribution < 1.29 is 13.3 Å². The van der Waals surface area contributed by atoms with Crippen LogP contribution in [0.15, 0.2) is 10.3 Å². The van der Waals surface area contributed by atoms with Gasteiger partial charge < -0.3 is 0 Å². The Labute approximate surface area is 120 Å². The smallest absolute Gasteiger partial charge is 0.258 e. The highest BCUT2D eigenvalue weighted by atomic mass is 35.5. The van der Waals surface area contributed by atoms with Crippen LogP contribution in [0, 0.1) is 16.0 Å². The van der Waals surface area contributed by atoms with E-state index in [0.29, 0.717) is 17.9 Å². The van der Waals surface area contributed by atoms with Gasteiger partial charge in [0.2, 0.25) is 10.0 Å². The second-order valence-electron chi connectivity index (χ2n) is 4.46. The van der Waals surface area contributed by atoms with Crippen LogP contribution in [-0.2, 0) is 10.0 Å². The molecule has 0 unspecified atom stereocenters. The van der Waals surface area contributed by atoms with Crippen LogP contribution in [0.3, 0.4) is 0 Å². The van der Waals surface area contributed by atoms with Crippen LogP contribution in [0.4, 0.5) is 5.69 Å². The van der Waals surface area contributed by atoms with Gasteiger partial charge in [-0.3, -0.25) is 10.1 Å². The lowest BCUT2D eigenvalue weighted by Crippen LogP contribution is -2.24. The van der Waals surface area contributed by atoms with Crippen LogP contribution in [-0.4, -0.2) is 19.9 Å². The fourth-order valence-electron chi connectivity index (χ4n) is 1.67. The molecule has 1 aromatic heterocycles. The molecule has 19 heavy (non-hydrogen) atoms. The first-order valence-electron chi connectivity index (χ1n) is 5.83. The molecule has 1 aromatic rings. The Morgan fingerprint density at radius 1 is 1.53 bits per heavy atom. The summed E-state index contributed by atoms with van der Waals surface area (Å²) in [6, 6.07) is 0.996. The zero-order chi connectivity index (χ0) is 14.0. The van der Waals surface area contributed by atoms with E-state index >= 15 is 0 Å². The first kappa shape index (κ1) is 14.7. The monoisotopic (exact) mass is 324 g/mol. The lowest BCUT2D eigenvalue weighted by molar-refractivity contribution is -0.384. The molecule has 1 aliphatic carbocycles. The van der Waals surface area contributed by atoms with Crippen molar-refractivity contribution in [2.75, 3.05) is 6.54 Å². The quantitative estimate of drug-likeness (QED) is 0.474. The average Bonchev–Trinajstić information content (AvgIpc) is 3.05. The van der Waals surface area contributed by atoms with Gasteiger partial charge >= 0.3 is 0 Å². The Morgan fingerprint density at radius 3 is 2.74 bits per heavy atom. The summed E-state index contributed by atoms with van der Waals surface area (Å²) in [5, 5.41) is 10.6. The Hall–Kier alpha value is -0.700. The van der Waals surface area contributed by atoms with E-state index in [9.17, 15) is 18.5 Å². The van der Waals surface area contributed by atoms with Crippen LogP contribution < -0.4 is 4.72 Å². The molecule has 0 aliphatic heterocycles. The Morgan fingerprint density at radius 2 is 2.21 bits per heavy atom. The summed E-state index contributed by atoms with van der Waals surface area (Å²) in [4.78, 5) is 9.93. The first-order chi connectivity index (χ1) is 8.90. The Balaban J connectivity index is 1.97. The second-order valence-corrected chi connectivity index (χ2v) is 8.11. The van der Waals surface area contributed by atoms with E-state index in [4.69, 9.17) is 11.6 Å². The number of halogens is 1. The van der Waals surface area contributed by atoms with Gasteiger partial charge in [-0.2, -0.15) is 0 Å². The van der Waals surface area contributed by atoms with Gasteiger partial charge in [0, 0.05) is 12.6 Å². The minimum atomic E-state index is -3.69. The average molecular weight is 325 g/mol. The molecule has 0 saturated heterocycles. The van der Waals surface area contributed by atoms with Crippen molar-refractivity contribution in [3.8, 4) is 0 Å². The molecule has 0 bridgehead atoms. The molecule has 1 aliphatic rings. The highest BCUT2D eigenvalue weighted by Gasteiger charge is 2.25. The van der Waals surface area contributed by atoms with Crippen LogP contribution in [0.25, 0.3) is 0 Å². The van der Waals surface area contributed by atoms with Gasteiger partial charge in [0.15, 0.2) is 4.34 Å². The molecule has 0 aromatic carbocycles. The number of thiophene rings is 1. The molecule has 0 spiro atoms. The summed E-state index contributed by atoms with van der Waals surface area (Å²) >= 11 is 6.34. The zero-order valence-corrected chi connectivity index (χ0v) is 12.4. The number of nitrogens with one attached hydrogen (secondary N) is 1. The standard InChI is InChI=1S/C10H13ClN2O4S2/c11-10-8(13(14)15)6-9(18-10)19(16,17)12-5-1-2-7-3-4-7/h6-7,12H,1-5H2. The van der Waals surface area contributed by atoms with Gasteiger partial charge in [-0.05, 0) is 18.8 Å². The first-order valence-corrected chi connectivity index (χ1v) is 8.51. The molecule has 2 rings (SSSR count). The fourth-order valence-corrected chi connectivity index (χ4v) is 4.45. The molecule has 1 fully saturated rings. The second kappa shape index (κ2) is 5.74. The molecule has 0 atom stereocenters. The Kier molecular flexibility index (Phi) is 4.44. The molecule has 1 N–H and O–H groups in total. The molecule has 0 radical (unpaired) electrons. The molecular weight excluding hydrogens is 312 g/mol. The molecule has 1 saturated carbocycles. The van der Waals surface area contributed by atoms with Crippen LogP contribution in [0.1, 0.15) is 25.7 Å². The predicted molar refractivity (Wildman–Crippen MR) is 73.1 cm³/mol. The molecular formula is C10H13ClN2O4S2. The third-order valence-electron chi connectivity index (χ3n) is 2.89. The summed E-state index contributed by atoms with van der Waals surface area (Å²) in [7, 11) is -3.69. The van der Waals surface area contributed by atoms with Crippen LogP contribution in [0.2, 0.25) is 4.34 Å². The zero-order valence-electron chi connectivity index (χ0n) is 9.96. The summed E-state index contributed by atoms with van der Waals surface area (Å²) < 4.78 is 26.0. The largest absolute Gasteiger partial charge is 0.300 e. The summed E-state index contributed by atoms with van der Waals surface area (Å²) in [5.41, 5.74) is -0.370. The molecule has 1 heterocycles. The van der Waals surface area contributed by atoms with Gasteiger partial charge in [-0.1, -0.05) is 24.4 Å². The molecule has 6 nitrogen and oxygen atoms in total. The van der Waals surface area contributed by atoms with Gasteiger partial charge in [0.25, 0.3) is 5.69 Å². The third kappa shape index (κ3) is 3.88. The van der Waals surface area contributed by atoms with Gasteiger partial charge in [-0.15, -0.1) is 11.3 Å². The number of nitrogens with zero attached hydrogens (tertiary/aromatic N) is 1. The van der Waals surface area contributed by atoms with E-state index in [1.54, 1.807) is 0 Å². The summed E-state index contributed by atoms with van der Waals surface area (Å²) in [5.74, 6) is 0.752. The lowest BCUT2D eigenvalue weighted by atomic mass is 10.2. The van der Waals surface area contributed by atoms with Crippen molar-refractivity contribution in [1.82, 2.24) is 4.72 Å². The van der Waals surface area contributed by atoms with E-state index in [1.165, 1.54) is 12.8 Å².